The zero-order valence-corrected chi connectivity index (χ0v) is 10.1. The van der Waals surface area contributed by atoms with Crippen LogP contribution in [-0.2, 0) is 4.74 Å². The van der Waals surface area contributed by atoms with Crippen molar-refractivity contribution in [1.82, 2.24) is 0 Å². The van der Waals surface area contributed by atoms with Crippen molar-refractivity contribution < 1.29 is 4.74 Å². The van der Waals surface area contributed by atoms with Gasteiger partial charge in [0.25, 0.3) is 0 Å². The first-order chi connectivity index (χ1) is 6.33. The number of ether oxygens (including phenoxy) is 1. The predicted octanol–water partition coefficient (Wildman–Crippen LogP) is 1.51. The monoisotopic (exact) mass is 202 g/mol. The largest absolute Gasteiger partial charge is 0.376 e. The molecule has 4 N–H and O–H groups in total. The summed E-state index contributed by atoms with van der Waals surface area (Å²) in [7, 11) is 0. The van der Waals surface area contributed by atoms with Gasteiger partial charge in [-0.25, -0.2) is 0 Å². The first kappa shape index (κ1) is 13.9. The molecule has 0 aromatic carbocycles. The van der Waals surface area contributed by atoms with Crippen LogP contribution in [0.25, 0.3) is 0 Å². The number of rotatable bonds is 7. The quantitative estimate of drug-likeness (QED) is 0.658. The second-order valence-electron chi connectivity index (χ2n) is 5.27. The minimum atomic E-state index is -0.0978. The van der Waals surface area contributed by atoms with Gasteiger partial charge in [0.2, 0.25) is 0 Å². The Kier molecular flexibility index (Phi) is 5.64. The maximum atomic E-state index is 5.77. The Hall–Kier alpha value is -0.120. The third kappa shape index (κ3) is 6.35. The van der Waals surface area contributed by atoms with Gasteiger partial charge in [-0.3, -0.25) is 0 Å². The van der Waals surface area contributed by atoms with Crippen molar-refractivity contribution in [3.63, 3.8) is 0 Å². The summed E-state index contributed by atoms with van der Waals surface area (Å²) in [5, 5.41) is 0. The highest BCUT2D eigenvalue weighted by molar-refractivity contribution is 4.72. The molecule has 0 saturated heterocycles. The first-order valence-electron chi connectivity index (χ1n) is 5.37. The van der Waals surface area contributed by atoms with Crippen LogP contribution in [0.3, 0.4) is 0 Å². The van der Waals surface area contributed by atoms with E-state index in [1.807, 2.05) is 0 Å². The molecule has 0 aromatic heterocycles. The molecular weight excluding hydrogens is 176 g/mol. The predicted molar refractivity (Wildman–Crippen MR) is 61.2 cm³/mol. The molecule has 86 valence electrons. The van der Waals surface area contributed by atoms with E-state index in [4.69, 9.17) is 16.2 Å². The topological polar surface area (TPSA) is 61.3 Å². The molecule has 0 fully saturated rings. The molecule has 0 aliphatic rings. The lowest BCUT2D eigenvalue weighted by Gasteiger charge is -2.28. The molecule has 0 unspecified atom stereocenters. The van der Waals surface area contributed by atoms with Crippen molar-refractivity contribution in [3.8, 4) is 0 Å². The van der Waals surface area contributed by atoms with E-state index in [-0.39, 0.29) is 11.0 Å². The number of nitrogens with two attached hydrogens (primary N) is 2. The molecule has 0 saturated carbocycles. The van der Waals surface area contributed by atoms with Gasteiger partial charge in [0.15, 0.2) is 0 Å². The van der Waals surface area contributed by atoms with Crippen molar-refractivity contribution in [2.75, 3.05) is 19.7 Å². The minimum Gasteiger partial charge on any atom is -0.376 e. The van der Waals surface area contributed by atoms with Crippen molar-refractivity contribution in [2.24, 2.45) is 16.9 Å². The average molecular weight is 202 g/mol. The van der Waals surface area contributed by atoms with Crippen LogP contribution in [0.2, 0.25) is 0 Å². The molecule has 3 heteroatoms. The van der Waals surface area contributed by atoms with Gasteiger partial charge in [-0.15, -0.1) is 0 Å². The summed E-state index contributed by atoms with van der Waals surface area (Å²) < 4.78 is 5.77. The van der Waals surface area contributed by atoms with Crippen molar-refractivity contribution >= 4 is 0 Å². The SMILES string of the molecule is CC(C)(CN)CCOC(C)(C)CCN. The fourth-order valence-electron chi connectivity index (χ4n) is 1.13. The summed E-state index contributed by atoms with van der Waals surface area (Å²) in [6.07, 6.45) is 1.90. The average Bonchev–Trinajstić information content (AvgIpc) is 2.03. The van der Waals surface area contributed by atoms with E-state index >= 15 is 0 Å². The molecule has 0 bridgehead atoms. The Morgan fingerprint density at radius 3 is 2.00 bits per heavy atom. The maximum Gasteiger partial charge on any atom is 0.0638 e. The Balaban J connectivity index is 3.73. The highest BCUT2D eigenvalue weighted by Crippen LogP contribution is 2.21. The molecule has 0 radical (unpaired) electrons. The summed E-state index contributed by atoms with van der Waals surface area (Å²) in [5.41, 5.74) is 11.2. The van der Waals surface area contributed by atoms with Crippen LogP contribution < -0.4 is 11.5 Å². The Morgan fingerprint density at radius 1 is 1.00 bits per heavy atom. The van der Waals surface area contributed by atoms with Crippen molar-refractivity contribution in [3.05, 3.63) is 0 Å². The lowest BCUT2D eigenvalue weighted by atomic mass is 9.90. The van der Waals surface area contributed by atoms with Crippen LogP contribution in [0.1, 0.15) is 40.5 Å². The summed E-state index contributed by atoms with van der Waals surface area (Å²) in [5.74, 6) is 0. The molecule has 0 aliphatic heterocycles. The van der Waals surface area contributed by atoms with Crippen LogP contribution in [0, 0.1) is 5.41 Å². The zero-order valence-electron chi connectivity index (χ0n) is 10.1. The third-order valence-corrected chi connectivity index (χ3v) is 2.57. The van der Waals surface area contributed by atoms with Crippen LogP contribution in [0.5, 0.6) is 0 Å². The molecular formula is C11H26N2O. The van der Waals surface area contributed by atoms with E-state index < -0.39 is 0 Å². The fraction of sp³-hybridized carbons (Fsp3) is 1.00. The van der Waals surface area contributed by atoms with Gasteiger partial charge in [0.05, 0.1) is 5.60 Å². The Morgan fingerprint density at radius 2 is 1.57 bits per heavy atom. The van der Waals surface area contributed by atoms with Crippen LogP contribution >= 0.6 is 0 Å². The maximum absolute atomic E-state index is 5.77. The van der Waals surface area contributed by atoms with E-state index in [9.17, 15) is 0 Å². The second-order valence-corrected chi connectivity index (χ2v) is 5.27. The highest BCUT2D eigenvalue weighted by atomic mass is 16.5. The molecule has 0 aromatic rings. The van der Waals surface area contributed by atoms with Gasteiger partial charge in [0.1, 0.15) is 0 Å². The van der Waals surface area contributed by atoms with E-state index in [2.05, 4.69) is 27.7 Å². The summed E-state index contributed by atoms with van der Waals surface area (Å²) >= 11 is 0. The molecule has 0 amide bonds. The lowest BCUT2D eigenvalue weighted by molar-refractivity contribution is -0.0319. The van der Waals surface area contributed by atoms with Gasteiger partial charge in [-0.1, -0.05) is 13.8 Å². The van der Waals surface area contributed by atoms with Gasteiger partial charge in [-0.2, -0.15) is 0 Å². The highest BCUT2D eigenvalue weighted by Gasteiger charge is 2.20. The molecule has 0 heterocycles. The molecule has 0 rings (SSSR count). The standard InChI is InChI=1S/C11H26N2O/c1-10(2,9-13)6-8-14-11(3,4)5-7-12/h5-9,12-13H2,1-4H3. The molecule has 14 heavy (non-hydrogen) atoms. The van der Waals surface area contributed by atoms with E-state index in [1.54, 1.807) is 0 Å². The molecule has 0 atom stereocenters. The Labute approximate surface area is 88.2 Å². The molecule has 3 nitrogen and oxygen atoms in total. The van der Waals surface area contributed by atoms with Crippen LogP contribution in [-0.4, -0.2) is 25.3 Å². The summed E-state index contributed by atoms with van der Waals surface area (Å²) in [6, 6.07) is 0. The normalized spacial score (nSPS) is 13.3. The van der Waals surface area contributed by atoms with Gasteiger partial charge < -0.3 is 16.2 Å². The van der Waals surface area contributed by atoms with Gasteiger partial charge >= 0.3 is 0 Å². The number of hydrogen-bond donors (Lipinski definition) is 2. The van der Waals surface area contributed by atoms with Crippen LogP contribution in [0.15, 0.2) is 0 Å². The van der Waals surface area contributed by atoms with E-state index in [0.717, 1.165) is 19.4 Å². The molecule has 0 aliphatic carbocycles. The van der Waals surface area contributed by atoms with Gasteiger partial charge in [-0.05, 0) is 45.2 Å². The summed E-state index contributed by atoms with van der Waals surface area (Å²) in [6.45, 7) is 10.6. The van der Waals surface area contributed by atoms with Gasteiger partial charge in [0, 0.05) is 6.61 Å². The number of hydrogen-bond acceptors (Lipinski definition) is 3. The lowest BCUT2D eigenvalue weighted by Crippen LogP contribution is -2.31. The van der Waals surface area contributed by atoms with Crippen molar-refractivity contribution in [2.45, 2.75) is 46.1 Å². The van der Waals surface area contributed by atoms with E-state index in [1.165, 1.54) is 0 Å². The van der Waals surface area contributed by atoms with Crippen molar-refractivity contribution in [1.29, 1.82) is 0 Å². The minimum absolute atomic E-state index is 0.0978. The van der Waals surface area contributed by atoms with E-state index in [0.29, 0.717) is 13.1 Å². The zero-order chi connectivity index (χ0) is 11.2. The fourth-order valence-corrected chi connectivity index (χ4v) is 1.13. The third-order valence-electron chi connectivity index (χ3n) is 2.57. The molecule has 0 spiro atoms. The van der Waals surface area contributed by atoms with Crippen LogP contribution in [0.4, 0.5) is 0 Å². The Bertz CT molecular complexity index is 155. The smallest absolute Gasteiger partial charge is 0.0638 e. The summed E-state index contributed by atoms with van der Waals surface area (Å²) in [4.78, 5) is 0. The first-order valence-corrected chi connectivity index (χ1v) is 5.37. The second kappa shape index (κ2) is 5.69.